The lowest BCUT2D eigenvalue weighted by molar-refractivity contribution is 0.0892. The smallest absolute Gasteiger partial charge is 0.261 e. The Balaban J connectivity index is 1.37. The molecule has 4 rings (SSSR count). The van der Waals surface area contributed by atoms with E-state index in [-0.39, 0.29) is 18.1 Å². The summed E-state index contributed by atoms with van der Waals surface area (Å²) < 4.78 is 5.75. The molecule has 0 spiro atoms. The molecule has 3 aromatic rings. The number of pyridine rings is 1. The third-order valence-corrected chi connectivity index (χ3v) is 6.71. The predicted molar refractivity (Wildman–Crippen MR) is 129 cm³/mol. The van der Waals surface area contributed by atoms with Gasteiger partial charge in [-0.05, 0) is 87.0 Å². The van der Waals surface area contributed by atoms with E-state index in [0.717, 1.165) is 48.8 Å². The van der Waals surface area contributed by atoms with Gasteiger partial charge in [0.15, 0.2) is 0 Å². The lowest BCUT2D eigenvalue weighted by Crippen LogP contribution is -2.40. The van der Waals surface area contributed by atoms with Gasteiger partial charge in [0, 0.05) is 12.7 Å². The fraction of sp³-hybridized carbons (Fsp3) is 0.385. The Bertz CT molecular complexity index is 966. The van der Waals surface area contributed by atoms with Crippen molar-refractivity contribution >= 4 is 17.2 Å². The van der Waals surface area contributed by atoms with Gasteiger partial charge in [0.2, 0.25) is 0 Å². The van der Waals surface area contributed by atoms with Crippen molar-refractivity contribution in [2.75, 3.05) is 13.1 Å². The van der Waals surface area contributed by atoms with Crippen molar-refractivity contribution in [3.05, 3.63) is 82.3 Å². The van der Waals surface area contributed by atoms with Crippen molar-refractivity contribution in [3.63, 3.8) is 0 Å². The number of amides is 1. The molecule has 1 unspecified atom stereocenters. The monoisotopic (exact) mass is 449 g/mol. The van der Waals surface area contributed by atoms with Crippen LogP contribution in [0.5, 0.6) is 5.75 Å². The molecular weight excluding hydrogens is 418 g/mol. The van der Waals surface area contributed by atoms with E-state index >= 15 is 0 Å². The van der Waals surface area contributed by atoms with Crippen LogP contribution in [0, 0.1) is 5.92 Å². The molecule has 1 amide bonds. The summed E-state index contributed by atoms with van der Waals surface area (Å²) in [5, 5.41) is 5.20. The molecule has 0 radical (unpaired) electrons. The van der Waals surface area contributed by atoms with Gasteiger partial charge in [0.05, 0.1) is 22.7 Å². The minimum absolute atomic E-state index is 0.0122. The largest absolute Gasteiger partial charge is 0.491 e. The van der Waals surface area contributed by atoms with Gasteiger partial charge in [0.25, 0.3) is 5.91 Å². The first-order chi connectivity index (χ1) is 15.6. The second-order valence-corrected chi connectivity index (χ2v) is 9.55. The highest BCUT2D eigenvalue weighted by Crippen LogP contribution is 2.31. The highest BCUT2D eigenvalue weighted by Gasteiger charge is 2.30. The highest BCUT2D eigenvalue weighted by atomic mass is 32.1. The SMILES string of the molecule is CC(C)Oc1ccc(CN2CCC(C(NC(=O)c3cccs3)c3ccccn3)CC2)cc1. The number of rotatable bonds is 8. The van der Waals surface area contributed by atoms with Crippen LogP contribution in [0.25, 0.3) is 0 Å². The third kappa shape index (κ3) is 5.96. The fourth-order valence-electron chi connectivity index (χ4n) is 4.26. The van der Waals surface area contributed by atoms with Crippen LogP contribution in [0.1, 0.15) is 53.7 Å². The van der Waals surface area contributed by atoms with Crippen LogP contribution >= 0.6 is 11.3 Å². The van der Waals surface area contributed by atoms with E-state index in [1.54, 1.807) is 6.20 Å². The summed E-state index contributed by atoms with van der Waals surface area (Å²) in [6.07, 6.45) is 4.05. The van der Waals surface area contributed by atoms with Gasteiger partial charge >= 0.3 is 0 Å². The van der Waals surface area contributed by atoms with E-state index in [9.17, 15) is 4.79 Å². The maximum Gasteiger partial charge on any atom is 0.261 e. The number of nitrogens with one attached hydrogen (secondary N) is 1. The molecule has 0 saturated carbocycles. The Morgan fingerprint density at radius 3 is 2.53 bits per heavy atom. The summed E-state index contributed by atoms with van der Waals surface area (Å²) in [6.45, 7) is 7.03. The van der Waals surface area contributed by atoms with E-state index in [1.807, 2.05) is 49.6 Å². The van der Waals surface area contributed by atoms with E-state index in [1.165, 1.54) is 16.9 Å². The maximum atomic E-state index is 12.8. The number of likely N-dealkylation sites (tertiary alicyclic amines) is 1. The van der Waals surface area contributed by atoms with Crippen LogP contribution in [0.3, 0.4) is 0 Å². The molecule has 1 fully saturated rings. The first-order valence-electron chi connectivity index (χ1n) is 11.3. The van der Waals surface area contributed by atoms with Crippen LogP contribution in [-0.4, -0.2) is 35.0 Å². The van der Waals surface area contributed by atoms with Gasteiger partial charge in [-0.2, -0.15) is 0 Å². The first-order valence-corrected chi connectivity index (χ1v) is 12.2. The van der Waals surface area contributed by atoms with Crippen molar-refractivity contribution in [1.29, 1.82) is 0 Å². The molecule has 3 heterocycles. The molecule has 2 aromatic heterocycles. The van der Waals surface area contributed by atoms with Crippen molar-refractivity contribution in [1.82, 2.24) is 15.2 Å². The first kappa shape index (κ1) is 22.5. The highest BCUT2D eigenvalue weighted by molar-refractivity contribution is 7.12. The summed E-state index contributed by atoms with van der Waals surface area (Å²) >= 11 is 1.47. The van der Waals surface area contributed by atoms with Crippen LogP contribution in [0.4, 0.5) is 0 Å². The van der Waals surface area contributed by atoms with E-state index in [4.69, 9.17) is 4.74 Å². The molecule has 6 heteroatoms. The zero-order chi connectivity index (χ0) is 22.3. The number of aromatic nitrogens is 1. The topological polar surface area (TPSA) is 54.5 Å². The van der Waals surface area contributed by atoms with Gasteiger partial charge in [-0.25, -0.2) is 0 Å². The van der Waals surface area contributed by atoms with Gasteiger partial charge in [-0.3, -0.25) is 14.7 Å². The average Bonchev–Trinajstić information content (AvgIpc) is 3.35. The third-order valence-electron chi connectivity index (χ3n) is 5.84. The number of carbonyl (C=O) groups excluding carboxylic acids is 1. The van der Waals surface area contributed by atoms with Gasteiger partial charge < -0.3 is 10.1 Å². The number of ether oxygens (including phenoxy) is 1. The summed E-state index contributed by atoms with van der Waals surface area (Å²) in [7, 11) is 0. The van der Waals surface area contributed by atoms with Crippen LogP contribution in [0.2, 0.25) is 0 Å². The van der Waals surface area contributed by atoms with Crippen molar-refractivity contribution in [2.45, 2.75) is 45.4 Å². The van der Waals surface area contributed by atoms with Gasteiger partial charge in [-0.15, -0.1) is 11.3 Å². The molecule has 0 aliphatic carbocycles. The number of nitrogens with zero attached hydrogens (tertiary/aromatic N) is 2. The van der Waals surface area contributed by atoms with Crippen molar-refractivity contribution < 1.29 is 9.53 Å². The second kappa shape index (κ2) is 10.7. The number of piperidine rings is 1. The van der Waals surface area contributed by atoms with Crippen molar-refractivity contribution in [3.8, 4) is 5.75 Å². The minimum atomic E-state index is -0.0691. The molecule has 5 nitrogen and oxygen atoms in total. The molecule has 1 saturated heterocycles. The Labute approximate surface area is 194 Å². The molecule has 32 heavy (non-hydrogen) atoms. The van der Waals surface area contributed by atoms with E-state index < -0.39 is 0 Å². The lowest BCUT2D eigenvalue weighted by Gasteiger charge is -2.36. The quantitative estimate of drug-likeness (QED) is 0.506. The summed E-state index contributed by atoms with van der Waals surface area (Å²) in [6, 6.07) is 18.1. The van der Waals surface area contributed by atoms with Crippen molar-refractivity contribution in [2.24, 2.45) is 5.92 Å². The Hall–Kier alpha value is -2.70. The average molecular weight is 450 g/mol. The Morgan fingerprint density at radius 1 is 1.12 bits per heavy atom. The number of hydrogen-bond acceptors (Lipinski definition) is 5. The normalized spacial score (nSPS) is 16.1. The second-order valence-electron chi connectivity index (χ2n) is 8.61. The number of carbonyl (C=O) groups is 1. The van der Waals surface area contributed by atoms with Crippen LogP contribution in [-0.2, 0) is 6.54 Å². The molecule has 1 aliphatic rings. The molecule has 1 aliphatic heterocycles. The lowest BCUT2D eigenvalue weighted by atomic mass is 9.87. The fourth-order valence-corrected chi connectivity index (χ4v) is 4.89. The number of hydrogen-bond donors (Lipinski definition) is 1. The predicted octanol–water partition coefficient (Wildman–Crippen LogP) is 5.31. The Kier molecular flexibility index (Phi) is 7.55. The number of benzene rings is 1. The molecule has 0 bridgehead atoms. The molecule has 1 N–H and O–H groups in total. The van der Waals surface area contributed by atoms with Gasteiger partial charge in [0.1, 0.15) is 5.75 Å². The standard InChI is InChI=1S/C26H31N3O2S/c1-19(2)31-22-10-8-20(9-11-22)18-29-15-12-21(13-16-29)25(23-6-3-4-14-27-23)28-26(30)24-7-5-17-32-24/h3-11,14,17,19,21,25H,12-13,15-16,18H2,1-2H3,(H,28,30). The maximum absolute atomic E-state index is 12.8. The summed E-state index contributed by atoms with van der Waals surface area (Å²) in [5.74, 6) is 1.27. The van der Waals surface area contributed by atoms with Crippen LogP contribution < -0.4 is 10.1 Å². The molecular formula is C26H31N3O2S. The molecule has 1 atom stereocenters. The van der Waals surface area contributed by atoms with E-state index in [0.29, 0.717) is 5.92 Å². The summed E-state index contributed by atoms with van der Waals surface area (Å²) in [5.41, 5.74) is 2.24. The zero-order valence-corrected chi connectivity index (χ0v) is 19.6. The minimum Gasteiger partial charge on any atom is -0.491 e. The van der Waals surface area contributed by atoms with E-state index in [2.05, 4.69) is 39.5 Å². The zero-order valence-electron chi connectivity index (χ0n) is 18.7. The molecule has 168 valence electrons. The molecule has 1 aromatic carbocycles. The number of thiophene rings is 1. The van der Waals surface area contributed by atoms with Crippen LogP contribution in [0.15, 0.2) is 66.2 Å². The summed E-state index contributed by atoms with van der Waals surface area (Å²) in [4.78, 5) is 20.6. The Morgan fingerprint density at radius 2 is 1.91 bits per heavy atom. The van der Waals surface area contributed by atoms with Gasteiger partial charge in [-0.1, -0.05) is 24.3 Å².